The molecule has 0 heterocycles. The van der Waals surface area contributed by atoms with Crippen molar-refractivity contribution in [3.63, 3.8) is 0 Å². The van der Waals surface area contributed by atoms with Gasteiger partial charge in [0.2, 0.25) is 5.76 Å². The van der Waals surface area contributed by atoms with Gasteiger partial charge in [0.25, 0.3) is 0 Å². The Kier molecular flexibility index (Phi) is 2.90. The molecule has 0 saturated heterocycles. The maximum Gasteiger partial charge on any atom is 0.237 e. The molecule has 0 aromatic rings. The average Bonchev–Trinajstić information content (AvgIpc) is 2.03. The first-order chi connectivity index (χ1) is 6.04. The Morgan fingerprint density at radius 2 is 1.77 bits per heavy atom. The second-order valence-corrected chi connectivity index (χ2v) is 4.00. The zero-order valence-electron chi connectivity index (χ0n) is 8.76. The molecule has 1 heteroatoms. The lowest BCUT2D eigenvalue weighted by atomic mass is 9.90. The Morgan fingerprint density at radius 1 is 1.15 bits per heavy atom. The van der Waals surface area contributed by atoms with Gasteiger partial charge in [0.15, 0.2) is 5.57 Å². The molecule has 1 nitrogen and oxygen atoms in total. The minimum absolute atomic E-state index is 0.332. The lowest BCUT2D eigenvalue weighted by Crippen LogP contribution is -2.06. The summed E-state index contributed by atoms with van der Waals surface area (Å²) in [5.41, 5.74) is 1.94. The first kappa shape index (κ1) is 10.0. The molecule has 0 amide bonds. The summed E-state index contributed by atoms with van der Waals surface area (Å²) in [7, 11) is 0. The van der Waals surface area contributed by atoms with E-state index in [4.69, 9.17) is 0 Å². The summed E-state index contributed by atoms with van der Waals surface area (Å²) >= 11 is 0. The van der Waals surface area contributed by atoms with Crippen LogP contribution in [0.1, 0.15) is 27.7 Å². The molecule has 0 radical (unpaired) electrons. The number of aliphatic hydroxyl groups excluding tert-OH is 1. The van der Waals surface area contributed by atoms with Crippen LogP contribution in [0.15, 0.2) is 29.1 Å². The topological polar surface area (TPSA) is 20.2 Å². The molecule has 0 saturated carbocycles. The zero-order valence-corrected chi connectivity index (χ0v) is 8.76. The van der Waals surface area contributed by atoms with E-state index >= 15 is 0 Å². The second-order valence-electron chi connectivity index (χ2n) is 4.00. The van der Waals surface area contributed by atoms with Gasteiger partial charge in [0.1, 0.15) is 11.6 Å². The molecule has 70 valence electrons. The number of rotatable bonds is 2. The fraction of sp³-hybridized carbons (Fsp3) is 0.500. The Labute approximate surface area is 80.5 Å². The number of allylic oxidation sites excluding steroid dienone is 5. The molecular formula is C12H17O+. The van der Waals surface area contributed by atoms with E-state index in [0.717, 1.165) is 11.1 Å². The largest absolute Gasteiger partial charge is 0.448 e. The fourth-order valence-corrected chi connectivity index (χ4v) is 1.43. The van der Waals surface area contributed by atoms with Gasteiger partial charge in [-0.2, -0.15) is 0 Å². The van der Waals surface area contributed by atoms with E-state index in [1.54, 1.807) is 0 Å². The maximum absolute atomic E-state index is 9.90. The molecule has 0 atom stereocenters. The van der Waals surface area contributed by atoms with Crippen molar-refractivity contribution in [3.8, 4) is 0 Å². The van der Waals surface area contributed by atoms with Gasteiger partial charge in [-0.05, 0) is 0 Å². The fourth-order valence-electron chi connectivity index (χ4n) is 1.43. The molecule has 1 rings (SSSR count). The van der Waals surface area contributed by atoms with Gasteiger partial charge in [0.05, 0.1) is 6.08 Å². The summed E-state index contributed by atoms with van der Waals surface area (Å²) in [6, 6.07) is 0. The Morgan fingerprint density at radius 3 is 2.23 bits per heavy atom. The van der Waals surface area contributed by atoms with Crippen LogP contribution < -0.4 is 0 Å². The SMILES string of the molecule is CC(C)C1=[C+]C=CC(C(C)C)=C1O. The smallest absolute Gasteiger partial charge is 0.237 e. The molecule has 0 bridgehead atoms. The Balaban J connectivity index is 3.06. The van der Waals surface area contributed by atoms with Crippen LogP contribution in [0.3, 0.4) is 0 Å². The third kappa shape index (κ3) is 1.99. The van der Waals surface area contributed by atoms with Crippen molar-refractivity contribution in [1.82, 2.24) is 0 Å². The summed E-state index contributed by atoms with van der Waals surface area (Å²) in [4.78, 5) is 0. The number of hydrogen-bond acceptors (Lipinski definition) is 1. The van der Waals surface area contributed by atoms with E-state index in [1.165, 1.54) is 0 Å². The van der Waals surface area contributed by atoms with E-state index in [0.29, 0.717) is 17.6 Å². The van der Waals surface area contributed by atoms with E-state index in [2.05, 4.69) is 33.8 Å². The highest BCUT2D eigenvalue weighted by Gasteiger charge is 2.25. The molecular weight excluding hydrogens is 160 g/mol. The summed E-state index contributed by atoms with van der Waals surface area (Å²) in [5, 5.41) is 9.90. The van der Waals surface area contributed by atoms with Crippen molar-refractivity contribution in [2.75, 3.05) is 0 Å². The predicted molar refractivity (Wildman–Crippen MR) is 55.2 cm³/mol. The van der Waals surface area contributed by atoms with Crippen LogP contribution in [-0.4, -0.2) is 5.11 Å². The van der Waals surface area contributed by atoms with Gasteiger partial charge in [-0.25, -0.2) is 0 Å². The third-order valence-electron chi connectivity index (χ3n) is 2.23. The predicted octanol–water partition coefficient (Wildman–Crippen LogP) is 3.41. The molecule has 0 fully saturated rings. The van der Waals surface area contributed by atoms with Gasteiger partial charge in [-0.3, -0.25) is 0 Å². The summed E-state index contributed by atoms with van der Waals surface area (Å²) in [6.07, 6.45) is 6.91. The third-order valence-corrected chi connectivity index (χ3v) is 2.23. The molecule has 0 aliphatic heterocycles. The van der Waals surface area contributed by atoms with Crippen LogP contribution in [0.5, 0.6) is 0 Å². The molecule has 1 aliphatic rings. The molecule has 0 aromatic heterocycles. The Hall–Kier alpha value is -1.07. The first-order valence-corrected chi connectivity index (χ1v) is 4.77. The van der Waals surface area contributed by atoms with E-state index in [9.17, 15) is 5.11 Å². The van der Waals surface area contributed by atoms with Crippen molar-refractivity contribution in [1.29, 1.82) is 0 Å². The first-order valence-electron chi connectivity index (χ1n) is 4.77. The van der Waals surface area contributed by atoms with Crippen LogP contribution in [0.2, 0.25) is 0 Å². The second kappa shape index (κ2) is 3.76. The van der Waals surface area contributed by atoms with Crippen LogP contribution in [0.25, 0.3) is 0 Å². The highest BCUT2D eigenvalue weighted by Crippen LogP contribution is 2.27. The van der Waals surface area contributed by atoms with Crippen LogP contribution >= 0.6 is 0 Å². The lowest BCUT2D eigenvalue weighted by molar-refractivity contribution is 0.397. The summed E-state index contributed by atoms with van der Waals surface area (Å²) in [6.45, 7) is 8.30. The summed E-state index contributed by atoms with van der Waals surface area (Å²) < 4.78 is 0. The minimum atomic E-state index is 0.332. The molecule has 0 aromatic carbocycles. The highest BCUT2D eigenvalue weighted by molar-refractivity contribution is 5.41. The maximum atomic E-state index is 9.90. The number of hydrogen-bond donors (Lipinski definition) is 1. The summed E-state index contributed by atoms with van der Waals surface area (Å²) in [5.74, 6) is 1.12. The van der Waals surface area contributed by atoms with Gasteiger partial charge in [-0.1, -0.05) is 27.7 Å². The van der Waals surface area contributed by atoms with E-state index in [-0.39, 0.29) is 0 Å². The van der Waals surface area contributed by atoms with E-state index < -0.39 is 0 Å². The van der Waals surface area contributed by atoms with Gasteiger partial charge in [-0.15, -0.1) is 0 Å². The van der Waals surface area contributed by atoms with Gasteiger partial charge < -0.3 is 5.11 Å². The van der Waals surface area contributed by atoms with Crippen molar-refractivity contribution in [3.05, 3.63) is 35.1 Å². The van der Waals surface area contributed by atoms with Crippen LogP contribution in [0, 0.1) is 17.9 Å². The minimum Gasteiger partial charge on any atom is -0.448 e. The number of aliphatic hydroxyl groups is 1. The molecule has 0 spiro atoms. The molecule has 1 N–H and O–H groups in total. The van der Waals surface area contributed by atoms with Crippen molar-refractivity contribution in [2.24, 2.45) is 11.8 Å². The standard InChI is InChI=1S/C12H16O/c1-8(2)10-6-5-7-11(9(3)4)12(10)13/h5-6,8-9H,1-4H3/p+1. The lowest BCUT2D eigenvalue weighted by Gasteiger charge is -2.09. The molecule has 1 aliphatic carbocycles. The molecule has 13 heavy (non-hydrogen) atoms. The average molecular weight is 177 g/mol. The van der Waals surface area contributed by atoms with Gasteiger partial charge >= 0.3 is 0 Å². The molecule has 0 unspecified atom stereocenters. The Bertz CT molecular complexity index is 277. The van der Waals surface area contributed by atoms with Crippen molar-refractivity contribution < 1.29 is 5.11 Å². The monoisotopic (exact) mass is 177 g/mol. The zero-order chi connectivity index (χ0) is 10.0. The van der Waals surface area contributed by atoms with Gasteiger partial charge in [0, 0.05) is 17.9 Å². The van der Waals surface area contributed by atoms with Crippen molar-refractivity contribution >= 4 is 0 Å². The van der Waals surface area contributed by atoms with Crippen molar-refractivity contribution in [2.45, 2.75) is 27.7 Å². The quantitative estimate of drug-likeness (QED) is 0.641. The van der Waals surface area contributed by atoms with Crippen LogP contribution in [-0.2, 0) is 0 Å². The highest BCUT2D eigenvalue weighted by atomic mass is 16.3. The van der Waals surface area contributed by atoms with Crippen LogP contribution in [0.4, 0.5) is 0 Å². The van der Waals surface area contributed by atoms with E-state index in [1.807, 2.05) is 12.2 Å². The normalized spacial score (nSPS) is 16.6.